The predicted octanol–water partition coefficient (Wildman–Crippen LogP) is 3.34. The van der Waals surface area contributed by atoms with Crippen LogP contribution in [0.25, 0.3) is 6.08 Å². The fourth-order valence-electron chi connectivity index (χ4n) is 4.14. The van der Waals surface area contributed by atoms with Gasteiger partial charge in [0.1, 0.15) is 0 Å². The van der Waals surface area contributed by atoms with Gasteiger partial charge in [0.05, 0.1) is 0 Å². The fraction of sp³-hybridized carbons (Fsp3) is 0.333. The lowest BCUT2D eigenvalue weighted by atomic mass is 10.1. The number of hydrogen-bond acceptors (Lipinski definition) is 3. The molecule has 4 nitrogen and oxygen atoms in total. The molecule has 0 aliphatic carbocycles. The van der Waals surface area contributed by atoms with E-state index in [4.69, 9.17) is 0 Å². The van der Waals surface area contributed by atoms with Gasteiger partial charge in [-0.3, -0.25) is 4.90 Å². The van der Waals surface area contributed by atoms with Crippen LogP contribution in [0.2, 0.25) is 0 Å². The number of rotatable bonds is 5. The summed E-state index contributed by atoms with van der Waals surface area (Å²) in [6.45, 7) is 2.51. The van der Waals surface area contributed by atoms with Gasteiger partial charge in [-0.1, -0.05) is 60.7 Å². The summed E-state index contributed by atoms with van der Waals surface area (Å²) in [5.74, 6) is 0. The van der Waals surface area contributed by atoms with Gasteiger partial charge in [-0.2, -0.15) is 4.31 Å². The Morgan fingerprint density at radius 1 is 0.885 bits per heavy atom. The zero-order chi connectivity index (χ0) is 18.0. The number of sulfonamides is 1. The van der Waals surface area contributed by atoms with E-state index in [2.05, 4.69) is 29.2 Å². The summed E-state index contributed by atoms with van der Waals surface area (Å²) < 4.78 is 27.6. The van der Waals surface area contributed by atoms with E-state index >= 15 is 0 Å². The van der Waals surface area contributed by atoms with Crippen molar-refractivity contribution in [3.05, 3.63) is 77.2 Å². The molecular weight excluding hydrogens is 344 g/mol. The molecule has 2 aromatic rings. The Hall–Kier alpha value is -1.95. The number of nitrogens with zero attached hydrogens (tertiary/aromatic N) is 2. The van der Waals surface area contributed by atoms with E-state index in [9.17, 15) is 8.42 Å². The van der Waals surface area contributed by atoms with E-state index in [1.165, 1.54) is 11.0 Å². The minimum atomic E-state index is -3.39. The Morgan fingerprint density at radius 3 is 2.08 bits per heavy atom. The minimum Gasteiger partial charge on any atom is -0.296 e. The van der Waals surface area contributed by atoms with Gasteiger partial charge >= 0.3 is 0 Å². The first-order chi connectivity index (χ1) is 12.6. The van der Waals surface area contributed by atoms with Gasteiger partial charge in [-0.25, -0.2) is 8.42 Å². The summed E-state index contributed by atoms with van der Waals surface area (Å²) in [6.07, 6.45) is 3.61. The number of fused-ring (bicyclic) bond motifs is 2. The van der Waals surface area contributed by atoms with Crippen molar-refractivity contribution in [1.29, 1.82) is 0 Å². The first-order valence-corrected chi connectivity index (χ1v) is 10.6. The summed E-state index contributed by atoms with van der Waals surface area (Å²) in [7, 11) is -3.39. The van der Waals surface area contributed by atoms with Crippen molar-refractivity contribution >= 4 is 16.1 Å². The predicted molar refractivity (Wildman–Crippen MR) is 105 cm³/mol. The molecule has 2 fully saturated rings. The van der Waals surface area contributed by atoms with E-state index in [0.29, 0.717) is 0 Å². The molecule has 0 saturated carbocycles. The molecule has 4 rings (SSSR count). The smallest absolute Gasteiger partial charge is 0.236 e. The normalized spacial score (nSPS) is 24.3. The van der Waals surface area contributed by atoms with Crippen molar-refractivity contribution in [3.8, 4) is 0 Å². The zero-order valence-electron chi connectivity index (χ0n) is 14.7. The van der Waals surface area contributed by atoms with E-state index in [-0.39, 0.29) is 12.1 Å². The Labute approximate surface area is 155 Å². The average molecular weight is 369 g/mol. The average Bonchev–Trinajstić information content (AvgIpc) is 2.94. The molecular formula is C21H24N2O2S. The van der Waals surface area contributed by atoms with Crippen molar-refractivity contribution in [2.45, 2.75) is 31.5 Å². The molecule has 0 aromatic heterocycles. The third kappa shape index (κ3) is 3.75. The second kappa shape index (κ2) is 7.35. The molecule has 2 atom stereocenters. The Balaban J connectivity index is 1.46. The lowest BCUT2D eigenvalue weighted by molar-refractivity contribution is 0.124. The van der Waals surface area contributed by atoms with Gasteiger partial charge < -0.3 is 0 Å². The van der Waals surface area contributed by atoms with Crippen LogP contribution >= 0.6 is 0 Å². The quantitative estimate of drug-likeness (QED) is 0.813. The van der Waals surface area contributed by atoms with E-state index < -0.39 is 10.0 Å². The maximum Gasteiger partial charge on any atom is 0.236 e. The molecule has 0 spiro atoms. The molecule has 26 heavy (non-hydrogen) atoms. The largest absolute Gasteiger partial charge is 0.296 e. The maximum absolute atomic E-state index is 12.9. The standard InChI is InChI=1S/C21H24N2O2S/c24-26(25,14-13-18-7-3-1-4-8-18)23-20-11-12-21(23)17-22(16-20)15-19-9-5-2-6-10-19/h1-10,13-14,20-21H,11-12,15-17H2/b14-13+. The number of piperazine rings is 1. The van der Waals surface area contributed by atoms with Crippen molar-refractivity contribution in [2.75, 3.05) is 13.1 Å². The SMILES string of the molecule is O=S(=O)(/C=C/c1ccccc1)N1C2CCC1CN(Cc1ccccc1)C2. The highest BCUT2D eigenvalue weighted by Crippen LogP contribution is 2.34. The number of likely N-dealkylation sites (tertiary alicyclic amines) is 1. The molecule has 2 heterocycles. The van der Waals surface area contributed by atoms with Gasteiger partial charge in [0.15, 0.2) is 0 Å². The third-order valence-corrected chi connectivity index (χ3v) is 6.93. The van der Waals surface area contributed by atoms with Crippen LogP contribution in [0.15, 0.2) is 66.1 Å². The van der Waals surface area contributed by atoms with Crippen LogP contribution in [0.4, 0.5) is 0 Å². The van der Waals surface area contributed by atoms with Crippen LogP contribution in [-0.2, 0) is 16.6 Å². The molecule has 136 valence electrons. The first-order valence-electron chi connectivity index (χ1n) is 9.15. The monoisotopic (exact) mass is 368 g/mol. The lowest BCUT2D eigenvalue weighted by Gasteiger charge is -2.39. The second-order valence-electron chi connectivity index (χ2n) is 7.15. The van der Waals surface area contributed by atoms with E-state index in [1.54, 1.807) is 10.4 Å². The van der Waals surface area contributed by atoms with Crippen molar-refractivity contribution in [3.63, 3.8) is 0 Å². The molecule has 0 N–H and O–H groups in total. The zero-order valence-corrected chi connectivity index (χ0v) is 15.6. The topological polar surface area (TPSA) is 40.6 Å². The van der Waals surface area contributed by atoms with Crippen molar-refractivity contribution < 1.29 is 8.42 Å². The van der Waals surface area contributed by atoms with Crippen LogP contribution in [0.5, 0.6) is 0 Å². The number of hydrogen-bond donors (Lipinski definition) is 0. The highest BCUT2D eigenvalue weighted by atomic mass is 32.2. The van der Waals surface area contributed by atoms with Crippen LogP contribution in [0, 0.1) is 0 Å². The van der Waals surface area contributed by atoms with Gasteiger partial charge in [0, 0.05) is 37.1 Å². The molecule has 0 amide bonds. The molecule has 2 bridgehead atoms. The second-order valence-corrected chi connectivity index (χ2v) is 8.88. The van der Waals surface area contributed by atoms with Crippen LogP contribution < -0.4 is 0 Å². The molecule has 2 aromatic carbocycles. The van der Waals surface area contributed by atoms with Crippen molar-refractivity contribution in [2.24, 2.45) is 0 Å². The number of benzene rings is 2. The molecule has 2 saturated heterocycles. The van der Waals surface area contributed by atoms with Crippen molar-refractivity contribution in [1.82, 2.24) is 9.21 Å². The highest BCUT2D eigenvalue weighted by Gasteiger charge is 2.45. The van der Waals surface area contributed by atoms with Gasteiger partial charge in [-0.05, 0) is 30.0 Å². The molecule has 0 radical (unpaired) electrons. The van der Waals surface area contributed by atoms with Crippen LogP contribution in [0.3, 0.4) is 0 Å². The van der Waals surface area contributed by atoms with Gasteiger partial charge in [0.25, 0.3) is 0 Å². The summed E-state index contributed by atoms with van der Waals surface area (Å²) >= 11 is 0. The maximum atomic E-state index is 12.9. The molecule has 2 aliphatic heterocycles. The molecule has 5 heteroatoms. The van der Waals surface area contributed by atoms with Gasteiger partial charge in [-0.15, -0.1) is 0 Å². The summed E-state index contributed by atoms with van der Waals surface area (Å²) in [6, 6.07) is 20.2. The minimum absolute atomic E-state index is 0.0860. The Bertz CT molecular complexity index is 851. The summed E-state index contributed by atoms with van der Waals surface area (Å²) in [5, 5.41) is 1.38. The summed E-state index contributed by atoms with van der Waals surface area (Å²) in [4.78, 5) is 2.39. The van der Waals surface area contributed by atoms with Crippen LogP contribution in [0.1, 0.15) is 24.0 Å². The Morgan fingerprint density at radius 2 is 1.46 bits per heavy atom. The highest BCUT2D eigenvalue weighted by molar-refractivity contribution is 7.92. The first kappa shape index (κ1) is 17.5. The Kier molecular flexibility index (Phi) is 4.94. The van der Waals surface area contributed by atoms with Gasteiger partial charge in [0.2, 0.25) is 10.0 Å². The van der Waals surface area contributed by atoms with E-state index in [1.807, 2.05) is 36.4 Å². The fourth-order valence-corrected chi connectivity index (χ4v) is 5.78. The molecule has 2 unspecified atom stereocenters. The summed E-state index contributed by atoms with van der Waals surface area (Å²) in [5.41, 5.74) is 2.19. The lowest BCUT2D eigenvalue weighted by Crippen LogP contribution is -2.54. The third-order valence-electron chi connectivity index (χ3n) is 5.27. The molecule has 2 aliphatic rings. The van der Waals surface area contributed by atoms with Crippen LogP contribution in [-0.4, -0.2) is 42.8 Å². The van der Waals surface area contributed by atoms with E-state index in [0.717, 1.165) is 38.0 Å².